The molecule has 0 aliphatic carbocycles. The lowest BCUT2D eigenvalue weighted by Gasteiger charge is -2.18. The van der Waals surface area contributed by atoms with E-state index in [-0.39, 0.29) is 16.9 Å². The molecule has 0 aliphatic heterocycles. The quantitative estimate of drug-likeness (QED) is 0.234. The Hall–Kier alpha value is -2.48. The summed E-state index contributed by atoms with van der Waals surface area (Å²) in [6.07, 6.45) is -1.54. The van der Waals surface area contributed by atoms with Crippen molar-refractivity contribution in [3.63, 3.8) is 0 Å². The molecule has 0 radical (unpaired) electrons. The Balaban J connectivity index is 2.80. The van der Waals surface area contributed by atoms with Crippen LogP contribution in [-0.2, 0) is 14.3 Å². The van der Waals surface area contributed by atoms with E-state index in [9.17, 15) is 45.1 Å². The van der Waals surface area contributed by atoms with Crippen molar-refractivity contribution < 1.29 is 59.1 Å². The molecule has 0 aliphatic rings. The molecule has 0 aromatic heterocycles. The maximum atomic E-state index is 13.6. The van der Waals surface area contributed by atoms with Crippen LogP contribution in [0.2, 0.25) is 0 Å². The normalized spacial score (nSPS) is 12.6. The summed E-state index contributed by atoms with van der Waals surface area (Å²) in [5, 5.41) is 18.3. The minimum Gasteiger partial charge on any atom is -0.493 e. The fourth-order valence-corrected chi connectivity index (χ4v) is 2.90. The van der Waals surface area contributed by atoms with Gasteiger partial charge in [0.2, 0.25) is 0 Å². The van der Waals surface area contributed by atoms with Gasteiger partial charge in [0, 0.05) is 12.0 Å². The van der Waals surface area contributed by atoms with Gasteiger partial charge in [-0.3, -0.25) is 4.18 Å². The topological polar surface area (TPSA) is 127 Å². The number of rotatable bonds is 10. The first-order chi connectivity index (χ1) is 13.5. The first kappa shape index (κ1) is 25.6. The van der Waals surface area contributed by atoms with E-state index in [0.717, 1.165) is 6.07 Å². The summed E-state index contributed by atoms with van der Waals surface area (Å²) in [7, 11) is -6.15. The number of hydrogen-bond donors (Lipinski definition) is 2. The average Bonchev–Trinajstić information content (AvgIpc) is 2.57. The fraction of sp³-hybridized carbons (Fsp3) is 0.500. The SMILES string of the molecule is Cc1cc(C(=O)O)c(C(=O)O)c(C)c1OCCCC(F)(F)COS(=O)(=O)C(F)(F)F. The van der Waals surface area contributed by atoms with Gasteiger partial charge in [0.1, 0.15) is 12.4 Å². The second-order valence-electron chi connectivity index (χ2n) is 6.15. The lowest BCUT2D eigenvalue weighted by Crippen LogP contribution is -2.32. The van der Waals surface area contributed by atoms with Gasteiger partial charge < -0.3 is 14.9 Å². The molecule has 0 spiro atoms. The Bertz CT molecular complexity index is 925. The molecule has 0 bridgehead atoms. The van der Waals surface area contributed by atoms with Crippen LogP contribution < -0.4 is 4.74 Å². The van der Waals surface area contributed by atoms with E-state index in [2.05, 4.69) is 4.18 Å². The summed E-state index contributed by atoms with van der Waals surface area (Å²) in [4.78, 5) is 22.5. The molecular formula is C16H17F5O8S. The summed E-state index contributed by atoms with van der Waals surface area (Å²) < 4.78 is 93.3. The van der Waals surface area contributed by atoms with Gasteiger partial charge in [-0.15, -0.1) is 0 Å². The van der Waals surface area contributed by atoms with Crippen molar-refractivity contribution in [3.05, 3.63) is 28.3 Å². The van der Waals surface area contributed by atoms with E-state index in [0.29, 0.717) is 0 Å². The minimum absolute atomic E-state index is 0.0448. The molecule has 0 saturated heterocycles. The van der Waals surface area contributed by atoms with Gasteiger partial charge >= 0.3 is 27.6 Å². The predicted molar refractivity (Wildman–Crippen MR) is 90.4 cm³/mol. The molecular weight excluding hydrogens is 447 g/mol. The zero-order valence-electron chi connectivity index (χ0n) is 15.5. The lowest BCUT2D eigenvalue weighted by molar-refractivity contribution is -0.0757. The Morgan fingerprint density at radius 3 is 2.10 bits per heavy atom. The fourth-order valence-electron chi connectivity index (χ4n) is 2.44. The molecule has 0 fully saturated rings. The highest BCUT2D eigenvalue weighted by atomic mass is 32.2. The van der Waals surface area contributed by atoms with Crippen molar-refractivity contribution in [3.8, 4) is 5.75 Å². The van der Waals surface area contributed by atoms with Crippen molar-refractivity contribution in [2.24, 2.45) is 0 Å². The van der Waals surface area contributed by atoms with Crippen LogP contribution in [0.15, 0.2) is 6.07 Å². The molecule has 30 heavy (non-hydrogen) atoms. The molecule has 0 unspecified atom stereocenters. The third-order valence-corrected chi connectivity index (χ3v) is 4.79. The summed E-state index contributed by atoms with van der Waals surface area (Å²) in [6, 6.07) is 1.04. The van der Waals surface area contributed by atoms with E-state index >= 15 is 0 Å². The van der Waals surface area contributed by atoms with E-state index in [4.69, 9.17) is 9.84 Å². The number of carboxylic acids is 2. The standard InChI is InChI=1S/C16H17F5O8S/c1-8-6-10(13(22)23)11(14(24)25)9(2)12(8)28-5-3-4-15(17,18)7-29-30(26,27)16(19,20)21/h6H,3-5,7H2,1-2H3,(H,22,23)(H,24,25). The molecule has 14 heteroatoms. The number of aryl methyl sites for hydroxylation is 1. The summed E-state index contributed by atoms with van der Waals surface area (Å²) in [6.45, 7) is 0.228. The lowest BCUT2D eigenvalue weighted by atomic mass is 9.97. The Kier molecular flexibility index (Phi) is 7.77. The van der Waals surface area contributed by atoms with Crippen molar-refractivity contribution in [1.29, 1.82) is 0 Å². The van der Waals surface area contributed by atoms with Crippen molar-refractivity contribution in [1.82, 2.24) is 0 Å². The van der Waals surface area contributed by atoms with Crippen molar-refractivity contribution in [2.75, 3.05) is 13.2 Å². The Labute approximate surface area is 167 Å². The molecule has 0 saturated carbocycles. The number of aromatic carboxylic acids is 2. The summed E-state index contributed by atoms with van der Waals surface area (Å²) in [5.74, 6) is -6.98. The first-order valence-corrected chi connectivity index (χ1v) is 9.48. The number of benzene rings is 1. The minimum atomic E-state index is -6.15. The highest BCUT2D eigenvalue weighted by Gasteiger charge is 2.49. The predicted octanol–water partition coefficient (Wildman–Crippen LogP) is 3.36. The van der Waals surface area contributed by atoms with E-state index in [1.165, 1.54) is 13.8 Å². The van der Waals surface area contributed by atoms with Crippen LogP contribution in [0.1, 0.15) is 44.7 Å². The number of halogens is 5. The Morgan fingerprint density at radius 1 is 1.07 bits per heavy atom. The van der Waals surface area contributed by atoms with E-state index in [1.807, 2.05) is 0 Å². The van der Waals surface area contributed by atoms with E-state index < -0.39 is 70.7 Å². The summed E-state index contributed by atoms with van der Waals surface area (Å²) >= 11 is 0. The monoisotopic (exact) mass is 464 g/mol. The van der Waals surface area contributed by atoms with Crippen LogP contribution in [-0.4, -0.2) is 55.2 Å². The molecule has 170 valence electrons. The maximum absolute atomic E-state index is 13.6. The Morgan fingerprint density at radius 2 is 1.63 bits per heavy atom. The molecule has 1 aromatic carbocycles. The highest BCUT2D eigenvalue weighted by Crippen LogP contribution is 2.31. The molecule has 1 aromatic rings. The van der Waals surface area contributed by atoms with Crippen LogP contribution in [0.25, 0.3) is 0 Å². The van der Waals surface area contributed by atoms with Crippen LogP contribution >= 0.6 is 0 Å². The largest absolute Gasteiger partial charge is 0.523 e. The molecule has 0 atom stereocenters. The number of carbonyl (C=O) groups is 2. The van der Waals surface area contributed by atoms with Gasteiger partial charge in [-0.25, -0.2) is 18.4 Å². The second-order valence-corrected chi connectivity index (χ2v) is 7.76. The molecule has 1 rings (SSSR count). The molecule has 8 nitrogen and oxygen atoms in total. The van der Waals surface area contributed by atoms with Crippen LogP contribution in [0.5, 0.6) is 5.75 Å². The molecule has 0 amide bonds. The highest BCUT2D eigenvalue weighted by molar-refractivity contribution is 7.87. The third-order valence-electron chi connectivity index (χ3n) is 3.79. The summed E-state index contributed by atoms with van der Waals surface area (Å²) in [5.41, 5.74) is -6.68. The third kappa shape index (κ3) is 6.26. The van der Waals surface area contributed by atoms with Crippen LogP contribution in [0, 0.1) is 13.8 Å². The number of carboxylic acid groups (broad SMARTS) is 2. The van der Waals surface area contributed by atoms with Gasteiger partial charge in [-0.2, -0.15) is 21.6 Å². The van der Waals surface area contributed by atoms with Gasteiger partial charge in [0.25, 0.3) is 5.92 Å². The zero-order chi connectivity index (χ0) is 23.5. The van der Waals surface area contributed by atoms with Gasteiger partial charge in [-0.05, 0) is 31.9 Å². The van der Waals surface area contributed by atoms with Gasteiger partial charge in [0.15, 0.2) is 0 Å². The van der Waals surface area contributed by atoms with Crippen LogP contribution in [0.4, 0.5) is 22.0 Å². The van der Waals surface area contributed by atoms with Gasteiger partial charge in [-0.1, -0.05) is 0 Å². The van der Waals surface area contributed by atoms with Crippen LogP contribution in [0.3, 0.4) is 0 Å². The van der Waals surface area contributed by atoms with Gasteiger partial charge in [0.05, 0.1) is 17.7 Å². The number of ether oxygens (including phenoxy) is 1. The number of hydrogen-bond acceptors (Lipinski definition) is 6. The molecule has 0 heterocycles. The van der Waals surface area contributed by atoms with Crippen molar-refractivity contribution >= 4 is 22.1 Å². The maximum Gasteiger partial charge on any atom is 0.523 e. The second kappa shape index (κ2) is 9.12. The van der Waals surface area contributed by atoms with E-state index in [1.54, 1.807) is 0 Å². The smallest absolute Gasteiger partial charge is 0.493 e. The average molecular weight is 464 g/mol. The zero-order valence-corrected chi connectivity index (χ0v) is 16.4. The number of alkyl halides is 5. The molecule has 2 N–H and O–H groups in total. The van der Waals surface area contributed by atoms with Crippen molar-refractivity contribution in [2.45, 2.75) is 38.1 Å². The first-order valence-electron chi connectivity index (χ1n) is 8.07.